The number of allylic oxidation sites excluding steroid dienone is 2. The summed E-state index contributed by atoms with van der Waals surface area (Å²) in [5.74, 6) is -0.762. The van der Waals surface area contributed by atoms with Crippen LogP contribution in [0.5, 0.6) is 0 Å². The number of hydrogen-bond donors (Lipinski definition) is 1. The summed E-state index contributed by atoms with van der Waals surface area (Å²) in [7, 11) is 1.38. The van der Waals surface area contributed by atoms with Crippen LogP contribution in [0.3, 0.4) is 0 Å². The topological polar surface area (TPSA) is 55.4 Å². The molecule has 4 heteroatoms. The van der Waals surface area contributed by atoms with Gasteiger partial charge in [-0.05, 0) is 30.4 Å². The third-order valence-electron chi connectivity index (χ3n) is 4.28. The summed E-state index contributed by atoms with van der Waals surface area (Å²) < 4.78 is 4.86. The van der Waals surface area contributed by atoms with Gasteiger partial charge in [0.1, 0.15) is 0 Å². The van der Waals surface area contributed by atoms with E-state index in [2.05, 4.69) is 11.4 Å². The first-order valence-corrected chi connectivity index (χ1v) is 6.83. The number of carbonyl (C=O) groups is 2. The van der Waals surface area contributed by atoms with Gasteiger partial charge in [0.25, 0.3) is 0 Å². The van der Waals surface area contributed by atoms with Crippen LogP contribution in [0.2, 0.25) is 0 Å². The SMILES string of the molecule is COC(=O)[C@@H]1[C@H](C(=O)Nc2ccccc2)[C@@H]2C=C[C@H]1C2. The molecule has 4 nitrogen and oxygen atoms in total. The summed E-state index contributed by atoms with van der Waals surface area (Å²) in [6.07, 6.45) is 4.96. The number of carbonyl (C=O) groups excluding carboxylic acids is 2. The van der Waals surface area contributed by atoms with Gasteiger partial charge in [0, 0.05) is 5.69 Å². The molecule has 1 fully saturated rings. The number of amides is 1. The minimum absolute atomic E-state index is 0.0940. The van der Waals surface area contributed by atoms with Gasteiger partial charge < -0.3 is 10.1 Å². The highest BCUT2D eigenvalue weighted by atomic mass is 16.5. The highest BCUT2D eigenvalue weighted by Gasteiger charge is 2.52. The fourth-order valence-electron chi connectivity index (χ4n) is 3.38. The van der Waals surface area contributed by atoms with Gasteiger partial charge >= 0.3 is 5.97 Å². The smallest absolute Gasteiger partial charge is 0.310 e. The second kappa shape index (κ2) is 5.12. The standard InChI is InChI=1S/C16H17NO3/c1-20-16(19)14-11-8-7-10(9-11)13(14)15(18)17-12-5-3-2-4-6-12/h2-8,10-11,13-14H,9H2,1H3,(H,17,18)/t10-,11+,13-,14+/m1/s1. The van der Waals surface area contributed by atoms with Crippen molar-refractivity contribution in [3.05, 3.63) is 42.5 Å². The number of fused-ring (bicyclic) bond motifs is 2. The number of esters is 1. The molecule has 0 aromatic heterocycles. The van der Waals surface area contributed by atoms with Crippen molar-refractivity contribution in [2.75, 3.05) is 12.4 Å². The maximum atomic E-state index is 12.5. The van der Waals surface area contributed by atoms with Crippen LogP contribution in [0, 0.1) is 23.7 Å². The average Bonchev–Trinajstić information content (AvgIpc) is 3.08. The Morgan fingerprint density at radius 2 is 1.75 bits per heavy atom. The molecule has 0 aliphatic heterocycles. The zero-order chi connectivity index (χ0) is 14.1. The van der Waals surface area contributed by atoms with E-state index in [4.69, 9.17) is 4.74 Å². The van der Waals surface area contributed by atoms with Crippen LogP contribution < -0.4 is 5.32 Å². The van der Waals surface area contributed by atoms with Gasteiger partial charge in [-0.2, -0.15) is 0 Å². The summed E-state index contributed by atoms with van der Waals surface area (Å²) in [4.78, 5) is 24.4. The van der Waals surface area contributed by atoms with Gasteiger partial charge in [0.15, 0.2) is 0 Å². The molecule has 1 saturated carbocycles. The van der Waals surface area contributed by atoms with Crippen LogP contribution in [0.1, 0.15) is 6.42 Å². The molecular weight excluding hydrogens is 254 g/mol. The Hall–Kier alpha value is -2.10. The number of ether oxygens (including phenoxy) is 1. The number of methoxy groups -OCH3 is 1. The molecule has 0 spiro atoms. The summed E-state index contributed by atoms with van der Waals surface area (Å²) in [5.41, 5.74) is 0.757. The molecule has 0 unspecified atom stereocenters. The van der Waals surface area contributed by atoms with E-state index in [0.29, 0.717) is 0 Å². The van der Waals surface area contributed by atoms with E-state index >= 15 is 0 Å². The molecule has 1 aromatic carbocycles. The first-order chi connectivity index (χ1) is 9.70. The Kier molecular flexibility index (Phi) is 3.30. The number of rotatable bonds is 3. The molecule has 1 amide bonds. The molecule has 0 heterocycles. The maximum Gasteiger partial charge on any atom is 0.310 e. The van der Waals surface area contributed by atoms with Crippen LogP contribution in [-0.4, -0.2) is 19.0 Å². The zero-order valence-electron chi connectivity index (χ0n) is 11.3. The Morgan fingerprint density at radius 1 is 1.10 bits per heavy atom. The van der Waals surface area contributed by atoms with Gasteiger partial charge in [-0.15, -0.1) is 0 Å². The fourth-order valence-corrected chi connectivity index (χ4v) is 3.38. The maximum absolute atomic E-state index is 12.5. The van der Waals surface area contributed by atoms with E-state index in [9.17, 15) is 9.59 Å². The summed E-state index contributed by atoms with van der Waals surface area (Å²) in [6.45, 7) is 0. The van der Waals surface area contributed by atoms with Crippen molar-refractivity contribution in [3.8, 4) is 0 Å². The first-order valence-electron chi connectivity index (χ1n) is 6.83. The molecular formula is C16H17NO3. The average molecular weight is 271 g/mol. The van der Waals surface area contributed by atoms with Crippen LogP contribution in [-0.2, 0) is 14.3 Å². The Balaban J connectivity index is 1.79. The molecule has 4 atom stereocenters. The first kappa shape index (κ1) is 12.9. The number of anilines is 1. The van der Waals surface area contributed by atoms with Crippen LogP contribution in [0.25, 0.3) is 0 Å². The zero-order valence-corrected chi connectivity index (χ0v) is 11.3. The van der Waals surface area contributed by atoms with Crippen LogP contribution >= 0.6 is 0 Å². The van der Waals surface area contributed by atoms with Crippen LogP contribution in [0.4, 0.5) is 5.69 Å². The summed E-state index contributed by atoms with van der Waals surface area (Å²) >= 11 is 0. The lowest BCUT2D eigenvalue weighted by atomic mass is 9.82. The quantitative estimate of drug-likeness (QED) is 0.677. The molecule has 2 aliphatic carbocycles. The molecule has 1 N–H and O–H groups in total. The minimum Gasteiger partial charge on any atom is -0.469 e. The molecule has 104 valence electrons. The molecule has 1 aromatic rings. The number of para-hydroxylation sites is 1. The van der Waals surface area contributed by atoms with Gasteiger partial charge in [-0.3, -0.25) is 9.59 Å². The lowest BCUT2D eigenvalue weighted by molar-refractivity contribution is -0.150. The van der Waals surface area contributed by atoms with Crippen molar-refractivity contribution < 1.29 is 14.3 Å². The number of hydrogen-bond acceptors (Lipinski definition) is 3. The molecule has 2 aliphatic rings. The molecule has 20 heavy (non-hydrogen) atoms. The second-order valence-electron chi connectivity index (χ2n) is 5.38. The van der Waals surface area contributed by atoms with Crippen molar-refractivity contribution in [1.29, 1.82) is 0 Å². The van der Waals surface area contributed by atoms with E-state index in [1.54, 1.807) is 0 Å². The van der Waals surface area contributed by atoms with Crippen molar-refractivity contribution in [1.82, 2.24) is 0 Å². The Bertz CT molecular complexity index is 552. The monoisotopic (exact) mass is 271 g/mol. The molecule has 3 rings (SSSR count). The van der Waals surface area contributed by atoms with Crippen molar-refractivity contribution >= 4 is 17.6 Å². The lowest BCUT2D eigenvalue weighted by Gasteiger charge is -2.25. The predicted molar refractivity (Wildman–Crippen MR) is 74.8 cm³/mol. The van der Waals surface area contributed by atoms with E-state index in [-0.39, 0.29) is 35.5 Å². The number of benzene rings is 1. The van der Waals surface area contributed by atoms with Gasteiger partial charge in [0.05, 0.1) is 18.9 Å². The highest BCUT2D eigenvalue weighted by Crippen LogP contribution is 2.48. The summed E-state index contributed by atoms with van der Waals surface area (Å²) in [5, 5.41) is 2.90. The van der Waals surface area contributed by atoms with Crippen molar-refractivity contribution in [2.45, 2.75) is 6.42 Å². The van der Waals surface area contributed by atoms with E-state index in [1.807, 2.05) is 36.4 Å². The summed E-state index contributed by atoms with van der Waals surface area (Å²) in [6, 6.07) is 9.32. The normalized spacial score (nSPS) is 30.2. The highest BCUT2D eigenvalue weighted by molar-refractivity contribution is 5.96. The Labute approximate surface area is 117 Å². The molecule has 2 bridgehead atoms. The third kappa shape index (κ3) is 2.11. The lowest BCUT2D eigenvalue weighted by Crippen LogP contribution is -2.37. The van der Waals surface area contributed by atoms with E-state index in [0.717, 1.165) is 12.1 Å². The van der Waals surface area contributed by atoms with E-state index < -0.39 is 0 Å². The third-order valence-corrected chi connectivity index (χ3v) is 4.28. The van der Waals surface area contributed by atoms with Crippen molar-refractivity contribution in [2.24, 2.45) is 23.7 Å². The Morgan fingerprint density at radius 3 is 2.40 bits per heavy atom. The van der Waals surface area contributed by atoms with Crippen molar-refractivity contribution in [3.63, 3.8) is 0 Å². The van der Waals surface area contributed by atoms with E-state index in [1.165, 1.54) is 7.11 Å². The largest absolute Gasteiger partial charge is 0.469 e. The fraction of sp³-hybridized carbons (Fsp3) is 0.375. The molecule has 0 radical (unpaired) electrons. The van der Waals surface area contributed by atoms with Gasteiger partial charge in [-0.1, -0.05) is 30.4 Å². The predicted octanol–water partition coefficient (Wildman–Crippen LogP) is 2.24. The second-order valence-corrected chi connectivity index (χ2v) is 5.38. The minimum atomic E-state index is -0.348. The number of nitrogens with one attached hydrogen (secondary N) is 1. The molecule has 0 saturated heterocycles. The van der Waals surface area contributed by atoms with Gasteiger partial charge in [-0.25, -0.2) is 0 Å². The van der Waals surface area contributed by atoms with Gasteiger partial charge in [0.2, 0.25) is 5.91 Å². The van der Waals surface area contributed by atoms with Crippen LogP contribution in [0.15, 0.2) is 42.5 Å².